The van der Waals surface area contributed by atoms with E-state index in [-0.39, 0.29) is 0 Å². The van der Waals surface area contributed by atoms with Crippen molar-refractivity contribution >= 4 is 28.6 Å². The Morgan fingerprint density at radius 1 is 1.20 bits per heavy atom. The third-order valence-corrected chi connectivity index (χ3v) is 4.10. The standard InChI is InChI=1S/C15H14ClN3S/c16-12-3-5-13(6-4-12)17-7-9-19-10-8-18-15(19)14-2-1-11-20-14/h1-6,8,10-11,17H,7,9H2. The largest absolute Gasteiger partial charge is 0.383 e. The van der Waals surface area contributed by atoms with Gasteiger partial charge in [0.05, 0.1) is 4.88 Å². The fourth-order valence-corrected chi connectivity index (χ4v) is 2.87. The summed E-state index contributed by atoms with van der Waals surface area (Å²) in [7, 11) is 0. The van der Waals surface area contributed by atoms with Crippen LogP contribution in [0.25, 0.3) is 10.7 Å². The SMILES string of the molecule is Clc1ccc(NCCn2ccnc2-c2cccs2)cc1. The van der Waals surface area contributed by atoms with E-state index in [2.05, 4.69) is 26.3 Å². The van der Waals surface area contributed by atoms with E-state index < -0.39 is 0 Å². The van der Waals surface area contributed by atoms with E-state index in [9.17, 15) is 0 Å². The van der Waals surface area contributed by atoms with Crippen LogP contribution in [-0.2, 0) is 6.54 Å². The van der Waals surface area contributed by atoms with Gasteiger partial charge in [0.25, 0.3) is 0 Å². The first-order valence-corrected chi connectivity index (χ1v) is 7.63. The molecular weight excluding hydrogens is 290 g/mol. The highest BCUT2D eigenvalue weighted by Gasteiger charge is 2.06. The fraction of sp³-hybridized carbons (Fsp3) is 0.133. The smallest absolute Gasteiger partial charge is 0.150 e. The molecule has 0 aliphatic carbocycles. The average molecular weight is 304 g/mol. The molecule has 2 heterocycles. The van der Waals surface area contributed by atoms with E-state index in [1.807, 2.05) is 42.7 Å². The van der Waals surface area contributed by atoms with Gasteiger partial charge in [-0.25, -0.2) is 4.98 Å². The van der Waals surface area contributed by atoms with Crippen molar-refractivity contribution in [1.82, 2.24) is 9.55 Å². The number of halogens is 1. The third-order valence-electron chi connectivity index (χ3n) is 2.98. The molecule has 102 valence electrons. The second-order valence-electron chi connectivity index (χ2n) is 4.36. The molecule has 1 N–H and O–H groups in total. The maximum atomic E-state index is 5.87. The molecule has 0 aliphatic rings. The highest BCUT2D eigenvalue weighted by molar-refractivity contribution is 7.13. The van der Waals surface area contributed by atoms with Crippen LogP contribution >= 0.6 is 22.9 Å². The Balaban J connectivity index is 1.62. The zero-order valence-electron chi connectivity index (χ0n) is 10.8. The number of anilines is 1. The normalized spacial score (nSPS) is 10.7. The van der Waals surface area contributed by atoms with Gasteiger partial charge in [-0.05, 0) is 35.7 Å². The lowest BCUT2D eigenvalue weighted by molar-refractivity contribution is 0.736. The van der Waals surface area contributed by atoms with Gasteiger partial charge in [0.1, 0.15) is 5.82 Å². The van der Waals surface area contributed by atoms with Crippen LogP contribution in [0.15, 0.2) is 54.2 Å². The van der Waals surface area contributed by atoms with Gasteiger partial charge >= 0.3 is 0 Å². The van der Waals surface area contributed by atoms with Crippen molar-refractivity contribution in [2.45, 2.75) is 6.54 Å². The van der Waals surface area contributed by atoms with Crippen molar-refractivity contribution in [3.8, 4) is 10.7 Å². The van der Waals surface area contributed by atoms with Gasteiger partial charge in [0.15, 0.2) is 0 Å². The number of nitrogens with one attached hydrogen (secondary N) is 1. The molecule has 0 spiro atoms. The summed E-state index contributed by atoms with van der Waals surface area (Å²) in [6.45, 7) is 1.71. The lowest BCUT2D eigenvalue weighted by atomic mass is 10.3. The first kappa shape index (κ1) is 13.2. The number of aromatic nitrogens is 2. The van der Waals surface area contributed by atoms with Crippen molar-refractivity contribution in [3.63, 3.8) is 0 Å². The number of imidazole rings is 1. The molecule has 0 unspecified atom stereocenters. The highest BCUT2D eigenvalue weighted by atomic mass is 35.5. The van der Waals surface area contributed by atoms with Gasteiger partial charge in [0.2, 0.25) is 0 Å². The van der Waals surface area contributed by atoms with Gasteiger partial charge in [0, 0.05) is 36.2 Å². The predicted octanol–water partition coefficient (Wildman–Crippen LogP) is 4.38. The Hall–Kier alpha value is -1.78. The van der Waals surface area contributed by atoms with Crippen molar-refractivity contribution in [2.75, 3.05) is 11.9 Å². The van der Waals surface area contributed by atoms with Gasteiger partial charge < -0.3 is 9.88 Å². The lowest BCUT2D eigenvalue weighted by Gasteiger charge is -2.09. The van der Waals surface area contributed by atoms with Crippen molar-refractivity contribution in [1.29, 1.82) is 0 Å². The molecule has 0 aliphatic heterocycles. The Kier molecular flexibility index (Phi) is 4.04. The van der Waals surface area contributed by atoms with Crippen LogP contribution in [0, 0.1) is 0 Å². The van der Waals surface area contributed by atoms with Crippen molar-refractivity contribution in [2.24, 2.45) is 0 Å². The molecular formula is C15H14ClN3S. The Morgan fingerprint density at radius 2 is 2.05 bits per heavy atom. The van der Waals surface area contributed by atoms with Crippen molar-refractivity contribution in [3.05, 3.63) is 59.2 Å². The molecule has 0 atom stereocenters. The van der Waals surface area contributed by atoms with E-state index in [0.29, 0.717) is 0 Å². The summed E-state index contributed by atoms with van der Waals surface area (Å²) >= 11 is 7.57. The first-order chi connectivity index (χ1) is 9.83. The second kappa shape index (κ2) is 6.11. The molecule has 5 heteroatoms. The fourth-order valence-electron chi connectivity index (χ4n) is 2.01. The monoisotopic (exact) mass is 303 g/mol. The summed E-state index contributed by atoms with van der Waals surface area (Å²) in [6, 6.07) is 11.9. The van der Waals surface area contributed by atoms with E-state index in [1.54, 1.807) is 11.3 Å². The van der Waals surface area contributed by atoms with Crippen LogP contribution < -0.4 is 5.32 Å². The summed E-state index contributed by atoms with van der Waals surface area (Å²) in [5.74, 6) is 1.03. The van der Waals surface area contributed by atoms with E-state index in [0.717, 1.165) is 29.6 Å². The maximum absolute atomic E-state index is 5.87. The van der Waals surface area contributed by atoms with Gasteiger partial charge in [-0.3, -0.25) is 0 Å². The molecule has 0 saturated carbocycles. The maximum Gasteiger partial charge on any atom is 0.150 e. The molecule has 0 fully saturated rings. The summed E-state index contributed by atoms with van der Waals surface area (Å²) in [4.78, 5) is 5.62. The predicted molar refractivity (Wildman–Crippen MR) is 85.5 cm³/mol. The number of hydrogen-bond acceptors (Lipinski definition) is 3. The Labute approximate surface area is 126 Å². The highest BCUT2D eigenvalue weighted by Crippen LogP contribution is 2.22. The molecule has 3 nitrogen and oxygen atoms in total. The zero-order chi connectivity index (χ0) is 13.8. The number of thiophene rings is 1. The van der Waals surface area contributed by atoms with Crippen molar-refractivity contribution < 1.29 is 0 Å². The number of benzene rings is 1. The van der Waals surface area contributed by atoms with Gasteiger partial charge in [-0.1, -0.05) is 17.7 Å². The summed E-state index contributed by atoms with van der Waals surface area (Å²) in [6.07, 6.45) is 3.86. The lowest BCUT2D eigenvalue weighted by Crippen LogP contribution is -2.10. The minimum absolute atomic E-state index is 0.755. The van der Waals surface area contributed by atoms with E-state index in [4.69, 9.17) is 11.6 Å². The number of hydrogen-bond donors (Lipinski definition) is 1. The molecule has 20 heavy (non-hydrogen) atoms. The molecule has 3 aromatic rings. The Morgan fingerprint density at radius 3 is 2.80 bits per heavy atom. The Bertz CT molecular complexity index is 659. The minimum atomic E-state index is 0.755. The van der Waals surface area contributed by atoms with Gasteiger partial charge in [-0.2, -0.15) is 0 Å². The molecule has 1 aromatic carbocycles. The van der Waals surface area contributed by atoms with Crippen LogP contribution in [0.3, 0.4) is 0 Å². The topological polar surface area (TPSA) is 29.9 Å². The van der Waals surface area contributed by atoms with Crippen LogP contribution in [0.5, 0.6) is 0 Å². The summed E-state index contributed by atoms with van der Waals surface area (Å²) < 4.78 is 2.16. The summed E-state index contributed by atoms with van der Waals surface area (Å²) in [5, 5.41) is 6.20. The van der Waals surface area contributed by atoms with E-state index in [1.165, 1.54) is 4.88 Å². The quantitative estimate of drug-likeness (QED) is 0.758. The second-order valence-corrected chi connectivity index (χ2v) is 5.74. The summed E-state index contributed by atoms with van der Waals surface area (Å²) in [5.41, 5.74) is 1.08. The molecule has 0 radical (unpaired) electrons. The minimum Gasteiger partial charge on any atom is -0.383 e. The molecule has 0 saturated heterocycles. The van der Waals surface area contributed by atoms with Crippen LogP contribution in [-0.4, -0.2) is 16.1 Å². The van der Waals surface area contributed by atoms with Crippen LogP contribution in [0.4, 0.5) is 5.69 Å². The zero-order valence-corrected chi connectivity index (χ0v) is 12.4. The van der Waals surface area contributed by atoms with Gasteiger partial charge in [-0.15, -0.1) is 11.3 Å². The first-order valence-electron chi connectivity index (χ1n) is 6.37. The number of rotatable bonds is 5. The van der Waals surface area contributed by atoms with Crippen LogP contribution in [0.1, 0.15) is 0 Å². The average Bonchev–Trinajstić information content (AvgIpc) is 3.11. The number of nitrogens with zero attached hydrogens (tertiary/aromatic N) is 2. The molecule has 0 amide bonds. The van der Waals surface area contributed by atoms with E-state index >= 15 is 0 Å². The molecule has 2 aromatic heterocycles. The molecule has 0 bridgehead atoms. The van der Waals surface area contributed by atoms with Crippen LogP contribution in [0.2, 0.25) is 5.02 Å². The molecule has 3 rings (SSSR count). The third kappa shape index (κ3) is 3.03.